The van der Waals surface area contributed by atoms with Gasteiger partial charge in [0.15, 0.2) is 0 Å². The predicted octanol–water partition coefficient (Wildman–Crippen LogP) is 3.05. The van der Waals surface area contributed by atoms with Gasteiger partial charge in [-0.15, -0.1) is 0 Å². The molecule has 0 bridgehead atoms. The van der Waals surface area contributed by atoms with E-state index in [1.807, 2.05) is 13.0 Å². The first-order chi connectivity index (χ1) is 9.26. The Kier molecular flexibility index (Phi) is 4.63. The van der Waals surface area contributed by atoms with Gasteiger partial charge in [-0.25, -0.2) is 0 Å². The van der Waals surface area contributed by atoms with Crippen molar-refractivity contribution in [2.45, 2.75) is 33.2 Å². The molecule has 0 saturated heterocycles. The first kappa shape index (κ1) is 13.7. The van der Waals surface area contributed by atoms with Crippen molar-refractivity contribution < 1.29 is 0 Å². The van der Waals surface area contributed by atoms with Gasteiger partial charge in [0, 0.05) is 0 Å². The van der Waals surface area contributed by atoms with E-state index < -0.39 is 0 Å². The molecule has 1 aromatic carbocycles. The summed E-state index contributed by atoms with van der Waals surface area (Å²) in [5, 5.41) is 12.1. The minimum Gasteiger partial charge on any atom is -0.306 e. The average Bonchev–Trinajstić information content (AvgIpc) is 2.45. The Bertz CT molecular complexity index is 523. The number of hydrogen-bond donors (Lipinski definition) is 1. The molecule has 19 heavy (non-hydrogen) atoms. The molecule has 3 nitrogen and oxygen atoms in total. The number of nitrogens with one attached hydrogen (secondary N) is 1. The van der Waals surface area contributed by atoms with Gasteiger partial charge in [0.25, 0.3) is 0 Å². The van der Waals surface area contributed by atoms with E-state index >= 15 is 0 Å². The van der Waals surface area contributed by atoms with E-state index in [9.17, 15) is 0 Å². The molecule has 0 aliphatic carbocycles. The van der Waals surface area contributed by atoms with Crippen molar-refractivity contribution in [1.82, 2.24) is 15.5 Å². The maximum atomic E-state index is 4.34. The monoisotopic (exact) mass is 255 g/mol. The SMILES string of the molecule is CCNC(c1ccccc1)c1cc(C)nnc1CC. The van der Waals surface area contributed by atoms with Gasteiger partial charge in [0.05, 0.1) is 17.4 Å². The number of aromatic nitrogens is 2. The Labute approximate surface area is 115 Å². The summed E-state index contributed by atoms with van der Waals surface area (Å²) in [6.45, 7) is 7.16. The van der Waals surface area contributed by atoms with Crippen molar-refractivity contribution in [3.05, 3.63) is 58.9 Å². The molecule has 2 aromatic rings. The number of hydrogen-bond acceptors (Lipinski definition) is 3. The fraction of sp³-hybridized carbons (Fsp3) is 0.375. The van der Waals surface area contributed by atoms with E-state index in [4.69, 9.17) is 0 Å². The Morgan fingerprint density at radius 1 is 1.11 bits per heavy atom. The molecule has 0 radical (unpaired) electrons. The van der Waals surface area contributed by atoms with Gasteiger partial charge in [-0.1, -0.05) is 44.2 Å². The van der Waals surface area contributed by atoms with Crippen LogP contribution in [0.25, 0.3) is 0 Å². The molecular formula is C16H21N3. The summed E-state index contributed by atoms with van der Waals surface area (Å²) in [4.78, 5) is 0. The largest absolute Gasteiger partial charge is 0.306 e. The summed E-state index contributed by atoms with van der Waals surface area (Å²) >= 11 is 0. The molecular weight excluding hydrogens is 234 g/mol. The van der Waals surface area contributed by atoms with Gasteiger partial charge in [0.1, 0.15) is 0 Å². The van der Waals surface area contributed by atoms with Crippen LogP contribution in [0.5, 0.6) is 0 Å². The first-order valence-electron chi connectivity index (χ1n) is 6.87. The van der Waals surface area contributed by atoms with E-state index in [1.165, 1.54) is 11.1 Å². The second-order valence-electron chi connectivity index (χ2n) is 4.64. The lowest BCUT2D eigenvalue weighted by atomic mass is 9.96. The maximum absolute atomic E-state index is 4.34. The molecule has 0 aliphatic rings. The Morgan fingerprint density at radius 2 is 1.84 bits per heavy atom. The first-order valence-corrected chi connectivity index (χ1v) is 6.87. The molecule has 1 atom stereocenters. The predicted molar refractivity (Wildman–Crippen MR) is 78.1 cm³/mol. The lowest BCUT2D eigenvalue weighted by Crippen LogP contribution is -2.24. The summed E-state index contributed by atoms with van der Waals surface area (Å²) in [6.07, 6.45) is 0.900. The number of benzene rings is 1. The van der Waals surface area contributed by atoms with Gasteiger partial charge >= 0.3 is 0 Å². The number of nitrogens with zero attached hydrogens (tertiary/aromatic N) is 2. The summed E-state index contributed by atoms with van der Waals surface area (Å²) in [7, 11) is 0. The quantitative estimate of drug-likeness (QED) is 0.892. The highest BCUT2D eigenvalue weighted by Gasteiger charge is 2.17. The average molecular weight is 255 g/mol. The minimum absolute atomic E-state index is 0.190. The van der Waals surface area contributed by atoms with Crippen molar-refractivity contribution in [1.29, 1.82) is 0 Å². The molecule has 0 fully saturated rings. The van der Waals surface area contributed by atoms with Crippen molar-refractivity contribution in [3.63, 3.8) is 0 Å². The second-order valence-corrected chi connectivity index (χ2v) is 4.64. The van der Waals surface area contributed by atoms with Crippen molar-refractivity contribution in [2.24, 2.45) is 0 Å². The minimum atomic E-state index is 0.190. The zero-order chi connectivity index (χ0) is 13.7. The second kappa shape index (κ2) is 6.43. The lowest BCUT2D eigenvalue weighted by molar-refractivity contribution is 0.617. The molecule has 0 saturated carbocycles. The number of rotatable bonds is 5. The number of aryl methyl sites for hydroxylation is 2. The highest BCUT2D eigenvalue weighted by molar-refractivity contribution is 5.34. The van der Waals surface area contributed by atoms with Crippen LogP contribution < -0.4 is 5.32 Å². The van der Waals surface area contributed by atoms with Crippen LogP contribution in [-0.2, 0) is 6.42 Å². The van der Waals surface area contributed by atoms with Crippen molar-refractivity contribution >= 4 is 0 Å². The third kappa shape index (κ3) is 3.18. The normalized spacial score (nSPS) is 12.4. The maximum Gasteiger partial charge on any atom is 0.0679 e. The lowest BCUT2D eigenvalue weighted by Gasteiger charge is -2.21. The fourth-order valence-corrected chi connectivity index (χ4v) is 2.32. The standard InChI is InChI=1S/C16H21N3/c1-4-15-14(11-12(3)18-19-15)16(17-5-2)13-9-7-6-8-10-13/h6-11,16-17H,4-5H2,1-3H3. The Hall–Kier alpha value is -1.74. The molecule has 100 valence electrons. The zero-order valence-electron chi connectivity index (χ0n) is 11.9. The fourth-order valence-electron chi connectivity index (χ4n) is 2.32. The van der Waals surface area contributed by atoms with Gasteiger partial charge in [-0.05, 0) is 37.1 Å². The Morgan fingerprint density at radius 3 is 2.47 bits per heavy atom. The molecule has 0 spiro atoms. The van der Waals surface area contributed by atoms with Gasteiger partial charge in [-0.3, -0.25) is 0 Å². The molecule has 1 N–H and O–H groups in total. The van der Waals surface area contributed by atoms with Gasteiger partial charge in [-0.2, -0.15) is 10.2 Å². The highest BCUT2D eigenvalue weighted by atomic mass is 15.1. The third-order valence-electron chi connectivity index (χ3n) is 3.21. The summed E-state index contributed by atoms with van der Waals surface area (Å²) < 4.78 is 0. The van der Waals surface area contributed by atoms with E-state index in [0.29, 0.717) is 0 Å². The van der Waals surface area contributed by atoms with Crippen LogP contribution in [0.15, 0.2) is 36.4 Å². The molecule has 1 unspecified atom stereocenters. The summed E-state index contributed by atoms with van der Waals surface area (Å²) in [5.41, 5.74) is 4.54. The van der Waals surface area contributed by atoms with Gasteiger partial charge in [0.2, 0.25) is 0 Å². The van der Waals surface area contributed by atoms with Gasteiger partial charge < -0.3 is 5.32 Å². The molecule has 1 aromatic heterocycles. The van der Waals surface area contributed by atoms with Crippen LogP contribution >= 0.6 is 0 Å². The molecule has 0 amide bonds. The molecule has 0 aliphatic heterocycles. The molecule has 1 heterocycles. The zero-order valence-corrected chi connectivity index (χ0v) is 11.9. The van der Waals surface area contributed by atoms with Crippen LogP contribution in [0, 0.1) is 6.92 Å². The summed E-state index contributed by atoms with van der Waals surface area (Å²) in [5.74, 6) is 0. The van der Waals surface area contributed by atoms with Crippen molar-refractivity contribution in [3.8, 4) is 0 Å². The van der Waals surface area contributed by atoms with E-state index in [0.717, 1.165) is 24.4 Å². The van der Waals surface area contributed by atoms with Crippen LogP contribution in [0.3, 0.4) is 0 Å². The topological polar surface area (TPSA) is 37.8 Å². The van der Waals surface area contributed by atoms with Crippen LogP contribution in [0.1, 0.15) is 42.4 Å². The van der Waals surface area contributed by atoms with Crippen molar-refractivity contribution in [2.75, 3.05) is 6.54 Å². The van der Waals surface area contributed by atoms with E-state index in [-0.39, 0.29) is 6.04 Å². The summed E-state index contributed by atoms with van der Waals surface area (Å²) in [6, 6.07) is 12.8. The van der Waals surface area contributed by atoms with Crippen LogP contribution in [0.4, 0.5) is 0 Å². The Balaban J connectivity index is 2.47. The third-order valence-corrected chi connectivity index (χ3v) is 3.21. The molecule has 3 heteroatoms. The highest BCUT2D eigenvalue weighted by Crippen LogP contribution is 2.24. The smallest absolute Gasteiger partial charge is 0.0679 e. The van der Waals surface area contributed by atoms with E-state index in [2.05, 4.69) is 59.7 Å². The molecule has 2 rings (SSSR count). The van der Waals surface area contributed by atoms with Crippen LogP contribution in [-0.4, -0.2) is 16.7 Å². The van der Waals surface area contributed by atoms with E-state index in [1.54, 1.807) is 0 Å². The van der Waals surface area contributed by atoms with Crippen LogP contribution in [0.2, 0.25) is 0 Å².